The molecule has 2 rings (SSSR count). The average molecular weight is 420 g/mol. The molecule has 1 amide bonds. The largest absolute Gasteiger partial charge is 0.523 e. The number of carbonyl (C=O) groups is 2. The molecule has 0 aromatic rings. The highest BCUT2D eigenvalue weighted by atomic mass is 19.4. The summed E-state index contributed by atoms with van der Waals surface area (Å²) >= 11 is 0. The Hall–Kier alpha value is -2.07. The van der Waals surface area contributed by atoms with Gasteiger partial charge in [0.2, 0.25) is 0 Å². The number of piperidine rings is 1. The van der Waals surface area contributed by atoms with Crippen molar-refractivity contribution >= 4 is 12.1 Å². The van der Waals surface area contributed by atoms with Crippen molar-refractivity contribution in [3.63, 3.8) is 0 Å². The van der Waals surface area contributed by atoms with Gasteiger partial charge in [0.15, 0.2) is 0 Å². The Bertz CT molecular complexity index is 682. The maximum Gasteiger partial charge on any atom is 0.523 e. The molecule has 2 N–H and O–H groups in total. The summed E-state index contributed by atoms with van der Waals surface area (Å²) < 4.78 is 47.7. The van der Waals surface area contributed by atoms with Crippen LogP contribution in [0.5, 0.6) is 0 Å². The van der Waals surface area contributed by atoms with E-state index in [0.717, 1.165) is 12.8 Å². The molecule has 0 aromatic heterocycles. The van der Waals surface area contributed by atoms with E-state index in [2.05, 4.69) is 10.1 Å². The molecule has 1 unspecified atom stereocenters. The van der Waals surface area contributed by atoms with Gasteiger partial charge in [-0.05, 0) is 45.7 Å². The topological polar surface area (TPSA) is 88.1 Å². The molecule has 0 bridgehead atoms. The van der Waals surface area contributed by atoms with E-state index in [9.17, 15) is 22.8 Å². The number of likely N-dealkylation sites (tertiary alicyclic amines) is 1. The van der Waals surface area contributed by atoms with Crippen LogP contribution >= 0.6 is 0 Å². The van der Waals surface area contributed by atoms with Gasteiger partial charge in [0.05, 0.1) is 6.10 Å². The van der Waals surface area contributed by atoms with Crippen molar-refractivity contribution in [1.29, 1.82) is 0 Å². The van der Waals surface area contributed by atoms with Crippen LogP contribution < -0.4 is 5.32 Å². The van der Waals surface area contributed by atoms with Gasteiger partial charge in [-0.2, -0.15) is 0 Å². The highest BCUT2D eigenvalue weighted by Gasteiger charge is 2.37. The predicted octanol–water partition coefficient (Wildman–Crippen LogP) is 3.22. The van der Waals surface area contributed by atoms with Crippen LogP contribution in [0.2, 0.25) is 0 Å². The highest BCUT2D eigenvalue weighted by Crippen LogP contribution is 2.30. The molecule has 0 radical (unpaired) electrons. The minimum Gasteiger partial charge on any atom is -0.478 e. The lowest BCUT2D eigenvalue weighted by Crippen LogP contribution is -2.49. The van der Waals surface area contributed by atoms with Crippen molar-refractivity contribution in [1.82, 2.24) is 10.2 Å². The summed E-state index contributed by atoms with van der Waals surface area (Å²) in [5, 5.41) is 11.9. The van der Waals surface area contributed by atoms with Crippen LogP contribution in [-0.4, -0.2) is 65.8 Å². The first-order valence-electron chi connectivity index (χ1n) is 9.42. The van der Waals surface area contributed by atoms with E-state index in [4.69, 9.17) is 9.84 Å². The lowest BCUT2D eigenvalue weighted by Gasteiger charge is -2.35. The Labute approximate surface area is 167 Å². The Kier molecular flexibility index (Phi) is 7.34. The highest BCUT2D eigenvalue weighted by molar-refractivity contribution is 5.87. The quantitative estimate of drug-likeness (QED) is 0.710. The normalized spacial score (nSPS) is 23.8. The molecular weight excluding hydrogens is 393 g/mol. The van der Waals surface area contributed by atoms with Crippen LogP contribution in [0.4, 0.5) is 18.0 Å². The molecule has 1 saturated heterocycles. The first-order chi connectivity index (χ1) is 13.3. The molecule has 1 heterocycles. The number of aliphatic carboxylic acids is 1. The second kappa shape index (κ2) is 9.17. The van der Waals surface area contributed by atoms with E-state index in [1.54, 1.807) is 20.8 Å². The van der Waals surface area contributed by atoms with Crippen molar-refractivity contribution < 1.29 is 37.3 Å². The number of carboxylic acid groups (broad SMARTS) is 1. The number of alkyl halides is 3. The second-order valence-corrected chi connectivity index (χ2v) is 8.22. The van der Waals surface area contributed by atoms with E-state index in [0.29, 0.717) is 18.7 Å². The summed E-state index contributed by atoms with van der Waals surface area (Å²) in [6.45, 7) is 6.57. The lowest BCUT2D eigenvalue weighted by atomic mass is 9.94. The van der Waals surface area contributed by atoms with Gasteiger partial charge < -0.3 is 15.2 Å². The van der Waals surface area contributed by atoms with Crippen LogP contribution in [0.1, 0.15) is 40.0 Å². The fourth-order valence-corrected chi connectivity index (χ4v) is 3.35. The van der Waals surface area contributed by atoms with Crippen molar-refractivity contribution in [3.05, 3.63) is 23.3 Å². The summed E-state index contributed by atoms with van der Waals surface area (Å²) in [7, 11) is 0. The third-order valence-corrected chi connectivity index (χ3v) is 4.50. The number of nitrogens with zero attached hydrogens (tertiary/aromatic N) is 1. The summed E-state index contributed by atoms with van der Waals surface area (Å²) in [5.74, 6) is -1.27. The van der Waals surface area contributed by atoms with E-state index in [1.807, 2.05) is 4.90 Å². The van der Waals surface area contributed by atoms with Crippen LogP contribution in [-0.2, 0) is 14.3 Å². The van der Waals surface area contributed by atoms with Gasteiger partial charge in [-0.1, -0.05) is 12.2 Å². The van der Waals surface area contributed by atoms with Crippen molar-refractivity contribution in [2.24, 2.45) is 0 Å². The standard InChI is InChI=1S/C19H27F3N2O5/c1-18(2,3)29-17(27)23-14-5-4-8-24(11-14)10-13-7-6-12(16(25)26)9-15(13)28-19(20,21)22/h6-7,14-15H,4-5,8-11H2,1-3H3,(H,23,27)(H,25,26)/t14-,15?/m1/s1. The Morgan fingerprint density at radius 1 is 1.28 bits per heavy atom. The number of carboxylic acids is 1. The number of allylic oxidation sites excluding steroid dienone is 2. The van der Waals surface area contributed by atoms with Gasteiger partial charge in [0.25, 0.3) is 0 Å². The molecule has 2 atom stereocenters. The van der Waals surface area contributed by atoms with Gasteiger partial charge >= 0.3 is 18.4 Å². The Morgan fingerprint density at radius 2 is 1.97 bits per heavy atom. The van der Waals surface area contributed by atoms with E-state index in [-0.39, 0.29) is 24.6 Å². The fraction of sp³-hybridized carbons (Fsp3) is 0.684. The second-order valence-electron chi connectivity index (χ2n) is 8.22. The molecule has 7 nitrogen and oxygen atoms in total. The number of hydrogen-bond acceptors (Lipinski definition) is 5. The predicted molar refractivity (Wildman–Crippen MR) is 98.2 cm³/mol. The zero-order valence-corrected chi connectivity index (χ0v) is 16.7. The molecular formula is C19H27F3N2O5. The van der Waals surface area contributed by atoms with Crippen LogP contribution in [0.3, 0.4) is 0 Å². The minimum atomic E-state index is -4.87. The molecule has 1 aliphatic heterocycles. The number of alkyl carbamates (subject to hydrolysis) is 1. The zero-order valence-electron chi connectivity index (χ0n) is 16.7. The number of hydrogen-bond donors (Lipinski definition) is 2. The van der Waals surface area contributed by atoms with Gasteiger partial charge in [0, 0.05) is 31.1 Å². The van der Waals surface area contributed by atoms with Gasteiger partial charge in [-0.15, -0.1) is 13.2 Å². The number of halogens is 3. The maximum atomic E-state index is 12.8. The number of rotatable bonds is 5. The Morgan fingerprint density at radius 3 is 2.55 bits per heavy atom. The van der Waals surface area contributed by atoms with E-state index >= 15 is 0 Å². The third kappa shape index (κ3) is 8.06. The van der Waals surface area contributed by atoms with E-state index in [1.165, 1.54) is 12.2 Å². The van der Waals surface area contributed by atoms with Gasteiger partial charge in [-0.25, -0.2) is 9.59 Å². The summed E-state index contributed by atoms with van der Waals surface area (Å²) in [6.07, 6.45) is -2.95. The first-order valence-corrected chi connectivity index (χ1v) is 9.42. The average Bonchev–Trinajstić information content (AvgIpc) is 2.53. The number of nitrogens with one attached hydrogen (secondary N) is 1. The SMILES string of the molecule is CC(C)(C)OC(=O)N[C@@H]1CCCN(CC2=CC=C(C(=O)O)CC2OC(F)(F)F)C1. The van der Waals surface area contributed by atoms with Crippen LogP contribution in [0, 0.1) is 0 Å². The maximum absolute atomic E-state index is 12.8. The molecule has 1 fully saturated rings. The number of amides is 1. The summed E-state index contributed by atoms with van der Waals surface area (Å²) in [4.78, 5) is 25.0. The van der Waals surface area contributed by atoms with Gasteiger partial charge in [0.1, 0.15) is 5.60 Å². The molecule has 0 spiro atoms. The molecule has 0 saturated carbocycles. The minimum absolute atomic E-state index is 0.133. The number of ether oxygens (including phenoxy) is 2. The zero-order chi connectivity index (χ0) is 21.8. The molecule has 1 aliphatic carbocycles. The van der Waals surface area contributed by atoms with Crippen molar-refractivity contribution in [2.45, 2.75) is 64.1 Å². The van der Waals surface area contributed by atoms with Crippen molar-refractivity contribution in [3.8, 4) is 0 Å². The van der Waals surface area contributed by atoms with Crippen molar-refractivity contribution in [2.75, 3.05) is 19.6 Å². The molecule has 10 heteroatoms. The number of carbonyl (C=O) groups excluding carboxylic acids is 1. The summed E-state index contributed by atoms with van der Waals surface area (Å²) in [6, 6.07) is -0.185. The molecule has 2 aliphatic rings. The van der Waals surface area contributed by atoms with E-state index < -0.39 is 30.1 Å². The molecule has 29 heavy (non-hydrogen) atoms. The van der Waals surface area contributed by atoms with Gasteiger partial charge in [-0.3, -0.25) is 9.64 Å². The third-order valence-electron chi connectivity index (χ3n) is 4.50. The smallest absolute Gasteiger partial charge is 0.478 e. The lowest BCUT2D eigenvalue weighted by molar-refractivity contribution is -0.337. The monoisotopic (exact) mass is 420 g/mol. The van der Waals surface area contributed by atoms with Crippen LogP contribution in [0.15, 0.2) is 23.3 Å². The Balaban J connectivity index is 2.01. The fourth-order valence-electron chi connectivity index (χ4n) is 3.35. The summed E-state index contributed by atoms with van der Waals surface area (Å²) in [5.41, 5.74) is -0.404. The van der Waals surface area contributed by atoms with Crippen LogP contribution in [0.25, 0.3) is 0 Å². The molecule has 0 aromatic carbocycles. The molecule has 164 valence electrons. The first kappa shape index (κ1) is 23.2.